The lowest BCUT2D eigenvalue weighted by atomic mass is 10.0. The Kier molecular flexibility index (Phi) is 6.22. The molecule has 0 bridgehead atoms. The van der Waals surface area contributed by atoms with Crippen LogP contribution in [0.2, 0.25) is 0 Å². The fourth-order valence-electron chi connectivity index (χ4n) is 4.51. The molecule has 0 spiro atoms. The smallest absolute Gasteiger partial charge is 0.274 e. The number of nitrogens with one attached hydrogen (secondary N) is 1. The quantitative estimate of drug-likeness (QED) is 0.436. The summed E-state index contributed by atoms with van der Waals surface area (Å²) < 4.78 is 1.83. The topological polar surface area (TPSA) is 79.6 Å². The summed E-state index contributed by atoms with van der Waals surface area (Å²) in [6.07, 6.45) is 4.51. The molecule has 4 heterocycles. The Balaban J connectivity index is 1.33. The molecule has 176 valence electrons. The van der Waals surface area contributed by atoms with Gasteiger partial charge in [0.25, 0.3) is 11.8 Å². The van der Waals surface area contributed by atoms with Crippen molar-refractivity contribution in [2.45, 2.75) is 46.1 Å². The number of hydrogen-bond donors (Lipinski definition) is 1. The molecule has 0 saturated carbocycles. The summed E-state index contributed by atoms with van der Waals surface area (Å²) in [4.78, 5) is 39.2. The van der Waals surface area contributed by atoms with Crippen molar-refractivity contribution in [1.29, 1.82) is 0 Å². The van der Waals surface area contributed by atoms with Crippen molar-refractivity contribution >= 4 is 39.4 Å². The number of amides is 2. The monoisotopic (exact) mass is 493 g/mol. The Hall–Kier alpha value is -3.04. The number of piperidine rings is 1. The van der Waals surface area contributed by atoms with Crippen LogP contribution in [0.15, 0.2) is 35.8 Å². The SMILES string of the molecule is CCc1ccc(-c2sc(C)nc2C(=O)N2CCC[C@@H](NC(=O)c3c(C)nc4sccn34)C2)cc1. The van der Waals surface area contributed by atoms with Gasteiger partial charge in [0, 0.05) is 30.7 Å². The van der Waals surface area contributed by atoms with E-state index in [1.165, 1.54) is 16.9 Å². The van der Waals surface area contributed by atoms with Crippen molar-refractivity contribution < 1.29 is 9.59 Å². The maximum Gasteiger partial charge on any atom is 0.274 e. The van der Waals surface area contributed by atoms with Gasteiger partial charge in [0.05, 0.1) is 15.6 Å². The first-order valence-electron chi connectivity index (χ1n) is 11.5. The number of rotatable bonds is 5. The van der Waals surface area contributed by atoms with Gasteiger partial charge < -0.3 is 10.2 Å². The lowest BCUT2D eigenvalue weighted by molar-refractivity contribution is 0.0671. The van der Waals surface area contributed by atoms with Crippen LogP contribution >= 0.6 is 22.7 Å². The number of hydrogen-bond acceptors (Lipinski definition) is 6. The number of fused-ring (bicyclic) bond motifs is 1. The van der Waals surface area contributed by atoms with Gasteiger partial charge in [-0.25, -0.2) is 9.97 Å². The van der Waals surface area contributed by atoms with Crippen LogP contribution in [0.1, 0.15) is 57.0 Å². The van der Waals surface area contributed by atoms with Gasteiger partial charge in [-0.3, -0.25) is 14.0 Å². The third-order valence-corrected chi connectivity index (χ3v) is 8.03. The summed E-state index contributed by atoms with van der Waals surface area (Å²) in [6, 6.07) is 8.24. The first kappa shape index (κ1) is 22.7. The molecule has 1 aliphatic rings. The van der Waals surface area contributed by atoms with Gasteiger partial charge in [0.1, 0.15) is 11.4 Å². The number of aromatic nitrogens is 3. The molecule has 1 aromatic carbocycles. The molecule has 1 aliphatic heterocycles. The van der Waals surface area contributed by atoms with Crippen molar-refractivity contribution in [1.82, 2.24) is 24.6 Å². The number of aryl methyl sites for hydroxylation is 3. The van der Waals surface area contributed by atoms with E-state index in [-0.39, 0.29) is 17.9 Å². The van der Waals surface area contributed by atoms with Crippen LogP contribution in [0, 0.1) is 13.8 Å². The van der Waals surface area contributed by atoms with E-state index < -0.39 is 0 Å². The van der Waals surface area contributed by atoms with E-state index in [0.29, 0.717) is 30.2 Å². The summed E-state index contributed by atoms with van der Waals surface area (Å²) in [5, 5.41) is 5.93. The Bertz CT molecular complexity index is 1350. The van der Waals surface area contributed by atoms with Gasteiger partial charge in [-0.1, -0.05) is 31.2 Å². The van der Waals surface area contributed by atoms with Crippen molar-refractivity contribution in [3.63, 3.8) is 0 Å². The van der Waals surface area contributed by atoms with Crippen LogP contribution in [0.5, 0.6) is 0 Å². The summed E-state index contributed by atoms with van der Waals surface area (Å²) >= 11 is 3.05. The highest BCUT2D eigenvalue weighted by atomic mass is 32.1. The number of likely N-dealkylation sites (tertiary alicyclic amines) is 1. The molecule has 7 nitrogen and oxygen atoms in total. The zero-order chi connectivity index (χ0) is 23.8. The van der Waals surface area contributed by atoms with E-state index >= 15 is 0 Å². The first-order valence-corrected chi connectivity index (χ1v) is 13.2. The molecule has 2 amide bonds. The van der Waals surface area contributed by atoms with Crippen LogP contribution in [0.4, 0.5) is 0 Å². The minimum Gasteiger partial charge on any atom is -0.346 e. The normalized spacial score (nSPS) is 16.2. The summed E-state index contributed by atoms with van der Waals surface area (Å²) in [7, 11) is 0. The third-order valence-electron chi connectivity index (χ3n) is 6.26. The zero-order valence-corrected chi connectivity index (χ0v) is 21.1. The van der Waals surface area contributed by atoms with Crippen LogP contribution in [-0.2, 0) is 6.42 Å². The number of benzene rings is 1. The minimum absolute atomic E-state index is 0.0707. The second-order valence-electron chi connectivity index (χ2n) is 8.63. The highest BCUT2D eigenvalue weighted by Gasteiger charge is 2.30. The standard InChI is InChI=1S/C25H27N5O2S2/c1-4-17-7-9-18(10-8-17)22-20(27-16(3)34-22)24(32)29-11-5-6-19(14-29)28-23(31)21-15(2)26-25-30(21)12-13-33-25/h7-10,12-13,19H,4-6,11,14H2,1-3H3,(H,28,31)/t19-/m1/s1. The van der Waals surface area contributed by atoms with Gasteiger partial charge in [-0.15, -0.1) is 22.7 Å². The molecular formula is C25H27N5O2S2. The van der Waals surface area contributed by atoms with Gasteiger partial charge in [0.15, 0.2) is 4.96 Å². The van der Waals surface area contributed by atoms with E-state index in [2.05, 4.69) is 46.5 Å². The predicted molar refractivity (Wildman–Crippen MR) is 136 cm³/mol. The second-order valence-corrected chi connectivity index (χ2v) is 10.7. The van der Waals surface area contributed by atoms with Crippen molar-refractivity contribution in [3.05, 3.63) is 63.5 Å². The number of carbonyl (C=O) groups is 2. The van der Waals surface area contributed by atoms with E-state index in [4.69, 9.17) is 0 Å². The summed E-state index contributed by atoms with van der Waals surface area (Å²) in [5.41, 5.74) is 4.06. The predicted octanol–water partition coefficient (Wildman–Crippen LogP) is 4.73. The molecule has 0 radical (unpaired) electrons. The molecule has 9 heteroatoms. The minimum atomic E-state index is -0.149. The highest BCUT2D eigenvalue weighted by Crippen LogP contribution is 2.32. The maximum absolute atomic E-state index is 13.5. The van der Waals surface area contributed by atoms with Crippen molar-refractivity contribution in [2.24, 2.45) is 0 Å². The van der Waals surface area contributed by atoms with Gasteiger partial charge in [-0.2, -0.15) is 0 Å². The van der Waals surface area contributed by atoms with Gasteiger partial charge in [-0.05, 0) is 44.2 Å². The van der Waals surface area contributed by atoms with Crippen LogP contribution < -0.4 is 5.32 Å². The molecule has 34 heavy (non-hydrogen) atoms. The van der Waals surface area contributed by atoms with Crippen LogP contribution in [-0.4, -0.2) is 50.2 Å². The number of thiazole rings is 2. The van der Waals surface area contributed by atoms with Crippen molar-refractivity contribution in [2.75, 3.05) is 13.1 Å². The van der Waals surface area contributed by atoms with Crippen LogP contribution in [0.25, 0.3) is 15.4 Å². The Morgan fingerprint density at radius 3 is 2.74 bits per heavy atom. The molecule has 1 fully saturated rings. The molecule has 0 unspecified atom stereocenters. The van der Waals surface area contributed by atoms with Crippen LogP contribution in [0.3, 0.4) is 0 Å². The van der Waals surface area contributed by atoms with E-state index in [0.717, 1.165) is 39.7 Å². The maximum atomic E-state index is 13.5. The summed E-state index contributed by atoms with van der Waals surface area (Å²) in [5.74, 6) is -0.220. The molecule has 5 rings (SSSR count). The third kappa shape index (κ3) is 4.25. The number of carbonyl (C=O) groups excluding carboxylic acids is 2. The largest absolute Gasteiger partial charge is 0.346 e. The van der Waals surface area contributed by atoms with E-state index in [1.54, 1.807) is 11.3 Å². The molecule has 1 atom stereocenters. The van der Waals surface area contributed by atoms with E-state index in [1.807, 2.05) is 34.7 Å². The molecule has 1 saturated heterocycles. The number of imidazole rings is 1. The molecule has 0 aliphatic carbocycles. The Morgan fingerprint density at radius 2 is 1.97 bits per heavy atom. The second kappa shape index (κ2) is 9.31. The molecule has 4 aromatic rings. The van der Waals surface area contributed by atoms with Gasteiger partial charge >= 0.3 is 0 Å². The molecule has 3 aromatic heterocycles. The Morgan fingerprint density at radius 1 is 1.18 bits per heavy atom. The lowest BCUT2D eigenvalue weighted by Gasteiger charge is -2.33. The zero-order valence-electron chi connectivity index (χ0n) is 19.5. The molecule has 1 N–H and O–H groups in total. The van der Waals surface area contributed by atoms with E-state index in [9.17, 15) is 9.59 Å². The average molecular weight is 494 g/mol. The van der Waals surface area contributed by atoms with Crippen molar-refractivity contribution in [3.8, 4) is 10.4 Å². The Labute approximate surface area is 206 Å². The summed E-state index contributed by atoms with van der Waals surface area (Å²) in [6.45, 7) is 7.05. The highest BCUT2D eigenvalue weighted by molar-refractivity contribution is 7.15. The average Bonchev–Trinajstić information content (AvgIpc) is 3.52. The van der Waals surface area contributed by atoms with Gasteiger partial charge in [0.2, 0.25) is 0 Å². The lowest BCUT2D eigenvalue weighted by Crippen LogP contribution is -2.50. The number of nitrogens with zero attached hydrogens (tertiary/aromatic N) is 4. The fourth-order valence-corrected chi connectivity index (χ4v) is 6.19. The fraction of sp³-hybridized carbons (Fsp3) is 0.360. The first-order chi connectivity index (χ1) is 16.4. The molecular weight excluding hydrogens is 466 g/mol.